The molecule has 0 amide bonds. The SMILES string of the molecule is CC(C#N)CNc1cc(F)c(Br)cc1F. The Bertz CT molecular complexity index is 401. The smallest absolute Gasteiger partial charge is 0.147 e. The molecule has 1 rings (SSSR count). The van der Waals surface area contributed by atoms with Crippen molar-refractivity contribution in [1.82, 2.24) is 0 Å². The quantitative estimate of drug-likeness (QED) is 0.859. The Balaban J connectivity index is 2.78. The highest BCUT2D eigenvalue weighted by molar-refractivity contribution is 9.10. The highest BCUT2D eigenvalue weighted by Crippen LogP contribution is 2.23. The van der Waals surface area contributed by atoms with Crippen LogP contribution in [0.25, 0.3) is 0 Å². The first-order chi connectivity index (χ1) is 7.04. The zero-order valence-corrected chi connectivity index (χ0v) is 9.61. The summed E-state index contributed by atoms with van der Waals surface area (Å²) in [5, 5.41) is 11.2. The van der Waals surface area contributed by atoms with Crippen LogP contribution in [0.5, 0.6) is 0 Å². The number of rotatable bonds is 3. The molecule has 1 N–H and O–H groups in total. The molecule has 0 heterocycles. The van der Waals surface area contributed by atoms with E-state index < -0.39 is 11.6 Å². The van der Waals surface area contributed by atoms with Crippen molar-refractivity contribution >= 4 is 21.6 Å². The summed E-state index contributed by atoms with van der Waals surface area (Å²) in [4.78, 5) is 0. The standard InChI is InChI=1S/C10H9BrF2N2/c1-6(4-14)5-15-10-3-8(12)7(11)2-9(10)13/h2-3,6,15H,5H2,1H3. The molecule has 0 aliphatic heterocycles. The Kier molecular flexibility index (Phi) is 4.04. The summed E-state index contributed by atoms with van der Waals surface area (Å²) in [5.74, 6) is -1.34. The van der Waals surface area contributed by atoms with E-state index in [0.717, 1.165) is 12.1 Å². The molecule has 5 heteroatoms. The van der Waals surface area contributed by atoms with Crippen LogP contribution in [0.3, 0.4) is 0 Å². The predicted molar refractivity (Wildman–Crippen MR) is 57.3 cm³/mol. The number of hydrogen-bond acceptors (Lipinski definition) is 2. The lowest BCUT2D eigenvalue weighted by Crippen LogP contribution is -2.10. The molecule has 0 fully saturated rings. The molecule has 0 aliphatic carbocycles. The van der Waals surface area contributed by atoms with E-state index in [2.05, 4.69) is 21.2 Å². The van der Waals surface area contributed by atoms with Gasteiger partial charge in [-0.1, -0.05) is 0 Å². The van der Waals surface area contributed by atoms with Crippen molar-refractivity contribution in [3.63, 3.8) is 0 Å². The van der Waals surface area contributed by atoms with Gasteiger partial charge in [-0.15, -0.1) is 0 Å². The third-order valence-corrected chi connectivity index (χ3v) is 2.44. The van der Waals surface area contributed by atoms with Crippen LogP contribution in [0.2, 0.25) is 0 Å². The van der Waals surface area contributed by atoms with Gasteiger partial charge in [-0.25, -0.2) is 8.78 Å². The largest absolute Gasteiger partial charge is 0.381 e. The van der Waals surface area contributed by atoms with Crippen molar-refractivity contribution in [3.8, 4) is 6.07 Å². The van der Waals surface area contributed by atoms with Crippen LogP contribution in [0.1, 0.15) is 6.92 Å². The van der Waals surface area contributed by atoms with E-state index in [0.29, 0.717) is 0 Å². The minimum absolute atomic E-state index is 0.0674. The normalized spacial score (nSPS) is 11.9. The Hall–Kier alpha value is -1.15. The molecule has 0 radical (unpaired) electrons. The second-order valence-corrected chi connectivity index (χ2v) is 4.01. The summed E-state index contributed by atoms with van der Waals surface area (Å²) < 4.78 is 26.4. The molecule has 0 saturated carbocycles. The topological polar surface area (TPSA) is 35.8 Å². The van der Waals surface area contributed by atoms with E-state index in [1.54, 1.807) is 6.92 Å². The fourth-order valence-electron chi connectivity index (χ4n) is 0.967. The van der Waals surface area contributed by atoms with E-state index in [1.165, 1.54) is 0 Å². The minimum Gasteiger partial charge on any atom is -0.381 e. The Morgan fingerprint density at radius 2 is 2.13 bits per heavy atom. The molecule has 0 bridgehead atoms. The number of anilines is 1. The van der Waals surface area contributed by atoms with Crippen molar-refractivity contribution < 1.29 is 8.78 Å². The van der Waals surface area contributed by atoms with Gasteiger partial charge in [0.1, 0.15) is 11.6 Å². The molecular weight excluding hydrogens is 266 g/mol. The fourth-order valence-corrected chi connectivity index (χ4v) is 1.28. The second kappa shape index (κ2) is 5.08. The van der Waals surface area contributed by atoms with Gasteiger partial charge in [0, 0.05) is 12.6 Å². The number of nitriles is 1. The minimum atomic E-state index is -0.548. The Labute approximate surface area is 95.0 Å². The molecule has 1 atom stereocenters. The molecule has 1 aromatic rings. The van der Waals surface area contributed by atoms with Crippen LogP contribution in [-0.2, 0) is 0 Å². The highest BCUT2D eigenvalue weighted by Gasteiger charge is 2.08. The van der Waals surface area contributed by atoms with Gasteiger partial charge in [-0.2, -0.15) is 5.26 Å². The van der Waals surface area contributed by atoms with E-state index in [-0.39, 0.29) is 22.6 Å². The van der Waals surface area contributed by atoms with E-state index in [9.17, 15) is 8.78 Å². The zero-order valence-electron chi connectivity index (χ0n) is 8.02. The average Bonchev–Trinajstić information content (AvgIpc) is 2.21. The molecule has 0 aromatic heterocycles. The van der Waals surface area contributed by atoms with Crippen LogP contribution >= 0.6 is 15.9 Å². The zero-order chi connectivity index (χ0) is 11.4. The molecule has 15 heavy (non-hydrogen) atoms. The maximum absolute atomic E-state index is 13.2. The van der Waals surface area contributed by atoms with Crippen LogP contribution in [-0.4, -0.2) is 6.54 Å². The van der Waals surface area contributed by atoms with Crippen molar-refractivity contribution in [2.45, 2.75) is 6.92 Å². The van der Waals surface area contributed by atoms with Crippen LogP contribution in [0, 0.1) is 28.9 Å². The summed E-state index contributed by atoms with van der Waals surface area (Å²) in [6.45, 7) is 1.98. The van der Waals surface area contributed by atoms with Gasteiger partial charge in [0.2, 0.25) is 0 Å². The summed E-state index contributed by atoms with van der Waals surface area (Å²) in [6, 6.07) is 4.10. The molecule has 0 saturated heterocycles. The number of nitrogens with zero attached hydrogens (tertiary/aromatic N) is 1. The highest BCUT2D eigenvalue weighted by atomic mass is 79.9. The number of benzene rings is 1. The second-order valence-electron chi connectivity index (χ2n) is 3.16. The molecular formula is C10H9BrF2N2. The first-order valence-corrected chi connectivity index (χ1v) is 5.12. The summed E-state index contributed by atoms with van der Waals surface area (Å²) in [7, 11) is 0. The monoisotopic (exact) mass is 274 g/mol. The first kappa shape index (κ1) is 11.9. The molecule has 80 valence electrons. The average molecular weight is 275 g/mol. The lowest BCUT2D eigenvalue weighted by molar-refractivity contribution is 0.595. The Morgan fingerprint density at radius 1 is 1.47 bits per heavy atom. The lowest BCUT2D eigenvalue weighted by atomic mass is 10.2. The van der Waals surface area contributed by atoms with Crippen LogP contribution in [0.15, 0.2) is 16.6 Å². The van der Waals surface area contributed by atoms with Gasteiger partial charge in [0.15, 0.2) is 0 Å². The van der Waals surface area contributed by atoms with Crippen molar-refractivity contribution in [3.05, 3.63) is 28.2 Å². The molecule has 2 nitrogen and oxygen atoms in total. The third kappa shape index (κ3) is 3.17. The summed E-state index contributed by atoms with van der Waals surface area (Å²) in [6.07, 6.45) is 0. The molecule has 1 aromatic carbocycles. The fraction of sp³-hybridized carbons (Fsp3) is 0.300. The maximum atomic E-state index is 13.2. The number of halogens is 3. The Morgan fingerprint density at radius 3 is 2.73 bits per heavy atom. The van der Waals surface area contributed by atoms with Crippen molar-refractivity contribution in [1.29, 1.82) is 5.26 Å². The predicted octanol–water partition coefficient (Wildman–Crippen LogP) is 3.30. The van der Waals surface area contributed by atoms with Gasteiger partial charge in [0.05, 0.1) is 22.1 Å². The van der Waals surface area contributed by atoms with E-state index in [4.69, 9.17) is 5.26 Å². The third-order valence-electron chi connectivity index (χ3n) is 1.83. The van der Waals surface area contributed by atoms with Crippen molar-refractivity contribution in [2.75, 3.05) is 11.9 Å². The van der Waals surface area contributed by atoms with Gasteiger partial charge in [0.25, 0.3) is 0 Å². The molecule has 0 spiro atoms. The summed E-state index contributed by atoms with van der Waals surface area (Å²) >= 11 is 2.88. The molecule has 0 aliphatic rings. The number of hydrogen-bond donors (Lipinski definition) is 1. The first-order valence-electron chi connectivity index (χ1n) is 4.32. The van der Waals surface area contributed by atoms with Gasteiger partial charge >= 0.3 is 0 Å². The van der Waals surface area contributed by atoms with Crippen LogP contribution in [0.4, 0.5) is 14.5 Å². The van der Waals surface area contributed by atoms with Gasteiger partial charge in [-0.05, 0) is 28.9 Å². The van der Waals surface area contributed by atoms with Crippen molar-refractivity contribution in [2.24, 2.45) is 5.92 Å². The van der Waals surface area contributed by atoms with Gasteiger partial charge in [-0.3, -0.25) is 0 Å². The van der Waals surface area contributed by atoms with Crippen LogP contribution < -0.4 is 5.32 Å². The van der Waals surface area contributed by atoms with Gasteiger partial charge < -0.3 is 5.32 Å². The van der Waals surface area contributed by atoms with E-state index in [1.807, 2.05) is 6.07 Å². The lowest BCUT2D eigenvalue weighted by Gasteiger charge is -2.09. The maximum Gasteiger partial charge on any atom is 0.147 e. The number of nitrogens with one attached hydrogen (secondary N) is 1. The molecule has 1 unspecified atom stereocenters. The van der Waals surface area contributed by atoms with E-state index >= 15 is 0 Å². The summed E-state index contributed by atoms with van der Waals surface area (Å²) in [5.41, 5.74) is 0.0674.